The van der Waals surface area contributed by atoms with Crippen molar-refractivity contribution in [2.75, 3.05) is 18.4 Å². The third kappa shape index (κ3) is 4.88. The van der Waals surface area contributed by atoms with Crippen LogP contribution < -0.4 is 16.4 Å². The van der Waals surface area contributed by atoms with Gasteiger partial charge in [-0.05, 0) is 43.9 Å². The van der Waals surface area contributed by atoms with Crippen molar-refractivity contribution in [1.82, 2.24) is 10.2 Å². The Morgan fingerprint density at radius 1 is 1.33 bits per heavy atom. The molecule has 24 heavy (non-hydrogen) atoms. The van der Waals surface area contributed by atoms with Crippen LogP contribution in [0.15, 0.2) is 29.3 Å². The van der Waals surface area contributed by atoms with E-state index in [9.17, 15) is 4.79 Å². The van der Waals surface area contributed by atoms with E-state index < -0.39 is 6.03 Å². The Kier molecular flexibility index (Phi) is 6.06. The zero-order chi connectivity index (χ0) is 17.7. The number of hydrogen-bond acceptors (Lipinski definition) is 4. The average Bonchev–Trinajstić information content (AvgIpc) is 2.88. The minimum atomic E-state index is -0.552. The minimum Gasteiger partial charge on any atom is -0.351 e. The molecule has 2 unspecified atom stereocenters. The van der Waals surface area contributed by atoms with Gasteiger partial charge in [0.2, 0.25) is 0 Å². The summed E-state index contributed by atoms with van der Waals surface area (Å²) < 4.78 is 0. The number of nitrogens with zero attached hydrogens (tertiary/aromatic N) is 2. The van der Waals surface area contributed by atoms with Crippen LogP contribution in [0.2, 0.25) is 0 Å². The van der Waals surface area contributed by atoms with Crippen LogP contribution in [0.25, 0.3) is 0 Å². The van der Waals surface area contributed by atoms with Crippen molar-refractivity contribution in [1.29, 1.82) is 0 Å². The summed E-state index contributed by atoms with van der Waals surface area (Å²) in [5.74, 6) is 1.63. The Labute approximate surface area is 144 Å². The quantitative estimate of drug-likeness (QED) is 0.749. The van der Waals surface area contributed by atoms with Gasteiger partial charge in [-0.2, -0.15) is 0 Å². The molecular formula is C18H29N5O. The second-order valence-corrected chi connectivity index (χ2v) is 6.75. The molecule has 1 aromatic carbocycles. The smallest absolute Gasteiger partial charge is 0.316 e. The van der Waals surface area contributed by atoms with Gasteiger partial charge in [-0.3, -0.25) is 0 Å². The van der Waals surface area contributed by atoms with Gasteiger partial charge in [0.05, 0.1) is 12.1 Å². The lowest BCUT2D eigenvalue weighted by molar-refractivity contribution is 0.259. The van der Waals surface area contributed by atoms with Gasteiger partial charge < -0.3 is 21.3 Å². The largest absolute Gasteiger partial charge is 0.351 e. The van der Waals surface area contributed by atoms with Crippen molar-refractivity contribution in [2.24, 2.45) is 16.6 Å². The van der Waals surface area contributed by atoms with Crippen LogP contribution in [0, 0.1) is 5.92 Å². The van der Waals surface area contributed by atoms with Crippen molar-refractivity contribution in [2.45, 2.75) is 46.2 Å². The fraction of sp³-hybridized carbons (Fsp3) is 0.556. The Bertz CT molecular complexity index is 582. The predicted molar refractivity (Wildman–Crippen MR) is 99.1 cm³/mol. The lowest BCUT2D eigenvalue weighted by Crippen LogP contribution is -2.39. The van der Waals surface area contributed by atoms with Crippen molar-refractivity contribution in [3.05, 3.63) is 29.8 Å². The van der Waals surface area contributed by atoms with E-state index in [0.717, 1.165) is 31.0 Å². The number of benzene rings is 1. The number of anilines is 1. The number of urea groups is 1. The summed E-state index contributed by atoms with van der Waals surface area (Å²) in [4.78, 5) is 18.0. The molecule has 0 fully saturated rings. The van der Waals surface area contributed by atoms with Crippen molar-refractivity contribution in [3.8, 4) is 0 Å². The van der Waals surface area contributed by atoms with Gasteiger partial charge in [0, 0.05) is 18.8 Å². The van der Waals surface area contributed by atoms with Gasteiger partial charge in [-0.25, -0.2) is 9.79 Å². The van der Waals surface area contributed by atoms with E-state index in [4.69, 9.17) is 10.7 Å². The highest BCUT2D eigenvalue weighted by Gasteiger charge is 2.25. The maximum atomic E-state index is 10.9. The number of carbonyl (C=O) groups excluding carboxylic acids is 1. The highest BCUT2D eigenvalue weighted by atomic mass is 16.2. The van der Waals surface area contributed by atoms with Crippen LogP contribution in [0.3, 0.4) is 0 Å². The summed E-state index contributed by atoms with van der Waals surface area (Å²) in [5.41, 5.74) is 6.96. The maximum Gasteiger partial charge on any atom is 0.316 e. The fourth-order valence-electron chi connectivity index (χ4n) is 2.99. The molecule has 0 saturated heterocycles. The standard InChI is InChI=1S/C18H29N5O/c1-5-23-11-16(10-12(2)3)22-18(23)20-13(4)14-6-8-15(9-7-14)21-17(19)24/h6-9,12-13,16H,5,10-11H2,1-4H3,(H,20,22)(H3,19,21,24). The lowest BCUT2D eigenvalue weighted by atomic mass is 10.0. The van der Waals surface area contributed by atoms with Gasteiger partial charge in [-0.1, -0.05) is 26.0 Å². The molecule has 6 nitrogen and oxygen atoms in total. The van der Waals surface area contributed by atoms with Crippen LogP contribution in [0.5, 0.6) is 0 Å². The van der Waals surface area contributed by atoms with Crippen LogP contribution in [0.1, 0.15) is 45.7 Å². The van der Waals surface area contributed by atoms with Crippen molar-refractivity contribution >= 4 is 17.7 Å². The molecule has 4 N–H and O–H groups in total. The number of amides is 2. The second-order valence-electron chi connectivity index (χ2n) is 6.75. The molecule has 6 heteroatoms. The molecule has 0 aliphatic carbocycles. The molecule has 0 radical (unpaired) electrons. The molecule has 1 aliphatic heterocycles. The zero-order valence-corrected chi connectivity index (χ0v) is 15.0. The first-order chi connectivity index (χ1) is 11.4. The normalized spacial score (nSPS) is 18.5. The molecule has 1 aromatic rings. The SMILES string of the molecule is CCN1CC(CC(C)C)N=C1NC(C)c1ccc(NC(N)=O)cc1. The van der Waals surface area contributed by atoms with E-state index in [-0.39, 0.29) is 6.04 Å². The fourth-order valence-corrected chi connectivity index (χ4v) is 2.99. The lowest BCUT2D eigenvalue weighted by Gasteiger charge is -2.23. The molecular weight excluding hydrogens is 302 g/mol. The van der Waals surface area contributed by atoms with Crippen molar-refractivity contribution in [3.63, 3.8) is 0 Å². The molecule has 2 amide bonds. The van der Waals surface area contributed by atoms with E-state index in [1.165, 1.54) is 0 Å². The second kappa shape index (κ2) is 8.04. The van der Waals surface area contributed by atoms with Crippen molar-refractivity contribution < 1.29 is 4.79 Å². The molecule has 0 bridgehead atoms. The topological polar surface area (TPSA) is 82.8 Å². The zero-order valence-electron chi connectivity index (χ0n) is 15.0. The first-order valence-corrected chi connectivity index (χ1v) is 8.64. The van der Waals surface area contributed by atoms with E-state index >= 15 is 0 Å². The number of nitrogens with one attached hydrogen (secondary N) is 2. The Morgan fingerprint density at radius 2 is 2.00 bits per heavy atom. The number of aliphatic imine (C=N–C) groups is 1. The van der Waals surface area contributed by atoms with E-state index in [1.54, 1.807) is 0 Å². The first kappa shape index (κ1) is 18.1. The van der Waals surface area contributed by atoms with Crippen LogP contribution >= 0.6 is 0 Å². The summed E-state index contributed by atoms with van der Waals surface area (Å²) >= 11 is 0. The minimum absolute atomic E-state index is 0.137. The Hall–Kier alpha value is -2.24. The summed E-state index contributed by atoms with van der Waals surface area (Å²) in [7, 11) is 0. The number of carbonyl (C=O) groups is 1. The van der Waals surface area contributed by atoms with Crippen LogP contribution in [-0.4, -0.2) is 36.0 Å². The molecule has 2 atom stereocenters. The van der Waals surface area contributed by atoms with Crippen LogP contribution in [-0.2, 0) is 0 Å². The first-order valence-electron chi connectivity index (χ1n) is 8.64. The molecule has 1 heterocycles. The molecule has 1 aliphatic rings. The summed E-state index contributed by atoms with van der Waals surface area (Å²) in [5, 5.41) is 6.09. The summed E-state index contributed by atoms with van der Waals surface area (Å²) in [6.45, 7) is 10.7. The Morgan fingerprint density at radius 3 is 2.54 bits per heavy atom. The Balaban J connectivity index is 2.01. The van der Waals surface area contributed by atoms with Gasteiger partial charge >= 0.3 is 6.03 Å². The predicted octanol–water partition coefficient (Wildman–Crippen LogP) is 2.93. The molecule has 0 saturated carbocycles. The van der Waals surface area contributed by atoms with Gasteiger partial charge in [-0.15, -0.1) is 0 Å². The number of guanidine groups is 1. The molecule has 132 valence electrons. The molecule has 0 aromatic heterocycles. The average molecular weight is 331 g/mol. The van der Waals surface area contributed by atoms with E-state index in [2.05, 4.69) is 43.2 Å². The maximum absolute atomic E-state index is 10.9. The van der Waals surface area contributed by atoms with Gasteiger partial charge in [0.25, 0.3) is 0 Å². The highest BCUT2D eigenvalue weighted by molar-refractivity contribution is 5.87. The number of likely N-dealkylation sites (N-methyl/N-ethyl adjacent to an activating group) is 1. The third-order valence-electron chi connectivity index (χ3n) is 4.18. The van der Waals surface area contributed by atoms with Crippen LogP contribution in [0.4, 0.5) is 10.5 Å². The monoisotopic (exact) mass is 331 g/mol. The summed E-state index contributed by atoms with van der Waals surface area (Å²) in [6.07, 6.45) is 1.11. The highest BCUT2D eigenvalue weighted by Crippen LogP contribution is 2.20. The number of primary amides is 1. The van der Waals surface area contributed by atoms with Gasteiger partial charge in [0.1, 0.15) is 0 Å². The van der Waals surface area contributed by atoms with E-state index in [0.29, 0.717) is 17.6 Å². The van der Waals surface area contributed by atoms with Gasteiger partial charge in [0.15, 0.2) is 5.96 Å². The third-order valence-corrected chi connectivity index (χ3v) is 4.18. The molecule has 0 spiro atoms. The number of nitrogens with two attached hydrogens (primary N) is 1. The number of rotatable bonds is 6. The van der Waals surface area contributed by atoms with E-state index in [1.807, 2.05) is 24.3 Å². The number of hydrogen-bond donors (Lipinski definition) is 3. The molecule has 2 rings (SSSR count). The summed E-state index contributed by atoms with van der Waals surface area (Å²) in [6, 6.07) is 7.65.